The smallest absolute Gasteiger partial charge is 0.277 e. The number of aliphatic hydroxyl groups excluding tert-OH is 1. The minimum Gasteiger partial charge on any atom is -0.488 e. The first-order valence-corrected chi connectivity index (χ1v) is 18.0. The third-order valence-electron chi connectivity index (χ3n) is 9.38. The first kappa shape index (κ1) is 33.0. The Bertz CT molecular complexity index is 2160. The van der Waals surface area contributed by atoms with Crippen molar-refractivity contribution in [3.05, 3.63) is 110 Å². The van der Waals surface area contributed by atoms with E-state index in [2.05, 4.69) is 31.2 Å². The molecular formula is C35H34BrN5O7S. The molecular weight excluding hydrogens is 714 g/mol. The Labute approximate surface area is 291 Å². The molecule has 4 aromatic rings. The fourth-order valence-corrected chi connectivity index (χ4v) is 8.66. The zero-order valence-electron chi connectivity index (χ0n) is 26.7. The second-order valence-corrected chi connectivity index (χ2v) is 15.1. The molecule has 3 atom stereocenters. The lowest BCUT2D eigenvalue weighted by atomic mass is 9.68. The molecule has 0 radical (unpaired) electrons. The third-order valence-corrected chi connectivity index (χ3v) is 11.4. The number of non-ortho nitro benzene ring substituents is 1. The van der Waals surface area contributed by atoms with Gasteiger partial charge in [0.05, 0.1) is 27.6 Å². The van der Waals surface area contributed by atoms with Crippen molar-refractivity contribution in [3.63, 3.8) is 0 Å². The van der Waals surface area contributed by atoms with Crippen LogP contribution < -0.4 is 24.5 Å². The topological polar surface area (TPSA) is 156 Å². The number of sulfonamides is 1. The number of anilines is 1. The maximum atomic E-state index is 13.6. The quantitative estimate of drug-likeness (QED) is 0.153. The molecule has 2 aliphatic heterocycles. The van der Waals surface area contributed by atoms with Gasteiger partial charge in [0.25, 0.3) is 15.7 Å². The summed E-state index contributed by atoms with van der Waals surface area (Å²) in [5, 5.41) is 30.7. The lowest BCUT2D eigenvalue weighted by Crippen LogP contribution is -2.45. The highest BCUT2D eigenvalue weighted by Gasteiger charge is 2.53. The van der Waals surface area contributed by atoms with Crippen LogP contribution in [0.2, 0.25) is 0 Å². The number of hydrazone groups is 1. The van der Waals surface area contributed by atoms with Gasteiger partial charge in [-0.3, -0.25) is 10.1 Å². The molecule has 1 aliphatic carbocycles. The molecule has 1 spiro atoms. The number of nitrogens with zero attached hydrogens (tertiary/aromatic N) is 3. The molecule has 12 nitrogen and oxygen atoms in total. The number of nitrogens with one attached hydrogen (secondary N) is 2. The van der Waals surface area contributed by atoms with Crippen molar-refractivity contribution in [2.45, 2.75) is 48.4 Å². The van der Waals surface area contributed by atoms with Crippen LogP contribution in [0.25, 0.3) is 10.8 Å². The number of nitro groups is 1. The van der Waals surface area contributed by atoms with E-state index < -0.39 is 26.5 Å². The van der Waals surface area contributed by atoms with Gasteiger partial charge in [-0.05, 0) is 57.8 Å². The number of rotatable bonds is 9. The predicted octanol–water partition coefficient (Wildman–Crippen LogP) is 5.30. The fourth-order valence-electron chi connectivity index (χ4n) is 7.08. The maximum Gasteiger partial charge on any atom is 0.277 e. The van der Waals surface area contributed by atoms with Crippen LogP contribution in [0.3, 0.4) is 0 Å². The van der Waals surface area contributed by atoms with Crippen molar-refractivity contribution in [3.8, 4) is 11.5 Å². The number of hydrogen-bond acceptors (Lipinski definition) is 10. The van der Waals surface area contributed by atoms with Gasteiger partial charge in [-0.15, -0.1) is 0 Å². The molecule has 7 rings (SSSR count). The second kappa shape index (κ2) is 12.8. The average molecular weight is 749 g/mol. The molecule has 3 aliphatic rings. The van der Waals surface area contributed by atoms with Crippen LogP contribution in [0.5, 0.6) is 11.5 Å². The lowest BCUT2D eigenvalue weighted by Gasteiger charge is -2.36. The van der Waals surface area contributed by atoms with Crippen LogP contribution >= 0.6 is 15.9 Å². The normalized spacial score (nSPS) is 21.8. The number of nitro benzene ring substituents is 1. The summed E-state index contributed by atoms with van der Waals surface area (Å²) in [4.78, 5) is 15.3. The number of benzene rings is 4. The Morgan fingerprint density at radius 1 is 1.16 bits per heavy atom. The van der Waals surface area contributed by atoms with E-state index in [0.29, 0.717) is 52.0 Å². The summed E-state index contributed by atoms with van der Waals surface area (Å²) in [7, 11) is -0.201. The molecule has 49 heavy (non-hydrogen) atoms. The molecule has 1 unspecified atom stereocenters. The van der Waals surface area contributed by atoms with Gasteiger partial charge in [0, 0.05) is 67.3 Å². The predicted molar refractivity (Wildman–Crippen MR) is 190 cm³/mol. The number of allylic oxidation sites excluding steroid dienone is 1. The summed E-state index contributed by atoms with van der Waals surface area (Å²) < 4.78 is 40.6. The summed E-state index contributed by atoms with van der Waals surface area (Å²) >= 11 is 3.70. The van der Waals surface area contributed by atoms with Gasteiger partial charge >= 0.3 is 0 Å². The highest BCUT2D eigenvalue weighted by Crippen LogP contribution is 2.57. The standard InChI is InChI=1S/C35H34BrN5O7S/c1-40(2)28-10-4-9-27-26(28)8-5-11-30(27)49(45,46)39-38-23-12-13-35-17-24(19-42)37-18-22-15-29(33(36)34(32(22)35)48-31(35)16-23)47-20-21-6-3-7-25(14-21)41(43)44/h3-15,24,31,37,39,42H,16-20H2,1-2H3/b38-23+/t24-,31+,35?/m0/s1. The van der Waals surface area contributed by atoms with Gasteiger partial charge < -0.3 is 24.8 Å². The van der Waals surface area contributed by atoms with Gasteiger partial charge in [-0.25, -0.2) is 0 Å². The van der Waals surface area contributed by atoms with Crippen LogP contribution in [-0.2, 0) is 28.6 Å². The van der Waals surface area contributed by atoms with E-state index in [1.807, 2.05) is 55.4 Å². The molecule has 2 heterocycles. The van der Waals surface area contributed by atoms with E-state index in [1.165, 1.54) is 12.1 Å². The van der Waals surface area contributed by atoms with Crippen molar-refractivity contribution < 1.29 is 27.9 Å². The summed E-state index contributed by atoms with van der Waals surface area (Å²) in [6, 6.07) is 18.7. The number of ether oxygens (including phenoxy) is 2. The Hall–Kier alpha value is -4.50. The lowest BCUT2D eigenvalue weighted by molar-refractivity contribution is -0.384. The maximum absolute atomic E-state index is 13.6. The fraction of sp³-hybridized carbons (Fsp3) is 0.286. The molecule has 4 aromatic carbocycles. The largest absolute Gasteiger partial charge is 0.488 e. The second-order valence-electron chi connectivity index (χ2n) is 12.6. The molecule has 0 aromatic heterocycles. The van der Waals surface area contributed by atoms with Crippen molar-refractivity contribution in [2.75, 3.05) is 25.6 Å². The molecule has 0 bridgehead atoms. The van der Waals surface area contributed by atoms with Crippen LogP contribution in [0.4, 0.5) is 11.4 Å². The van der Waals surface area contributed by atoms with Gasteiger partial charge in [0.2, 0.25) is 0 Å². The van der Waals surface area contributed by atoms with E-state index in [1.54, 1.807) is 30.3 Å². The van der Waals surface area contributed by atoms with Gasteiger partial charge in [-0.1, -0.05) is 42.5 Å². The summed E-state index contributed by atoms with van der Waals surface area (Å²) in [5.74, 6) is 1.12. The van der Waals surface area contributed by atoms with E-state index in [-0.39, 0.29) is 29.8 Å². The highest BCUT2D eigenvalue weighted by molar-refractivity contribution is 9.10. The van der Waals surface area contributed by atoms with Crippen molar-refractivity contribution in [1.82, 2.24) is 10.1 Å². The number of fused-ring (bicyclic) bond motifs is 1. The van der Waals surface area contributed by atoms with Crippen LogP contribution in [-0.4, -0.2) is 57.0 Å². The Balaban J connectivity index is 1.19. The summed E-state index contributed by atoms with van der Waals surface area (Å²) in [6.07, 6.45) is 4.26. The van der Waals surface area contributed by atoms with Crippen molar-refractivity contribution in [2.24, 2.45) is 5.10 Å². The number of hydrogen-bond donors (Lipinski definition) is 3. The zero-order chi connectivity index (χ0) is 34.5. The van der Waals surface area contributed by atoms with Crippen LogP contribution in [0, 0.1) is 10.1 Å². The van der Waals surface area contributed by atoms with Crippen LogP contribution in [0.15, 0.2) is 93.4 Å². The molecule has 0 amide bonds. The minimum atomic E-state index is -4.02. The summed E-state index contributed by atoms with van der Waals surface area (Å²) in [6.45, 7) is 0.481. The van der Waals surface area contributed by atoms with Crippen molar-refractivity contribution in [1.29, 1.82) is 0 Å². The number of aliphatic hydroxyl groups is 1. The first-order valence-electron chi connectivity index (χ1n) is 15.7. The van der Waals surface area contributed by atoms with Crippen LogP contribution in [0.1, 0.15) is 29.5 Å². The molecule has 0 fully saturated rings. The van der Waals surface area contributed by atoms with E-state index in [9.17, 15) is 23.6 Å². The van der Waals surface area contributed by atoms with E-state index in [4.69, 9.17) is 9.47 Å². The molecule has 14 heteroatoms. The summed E-state index contributed by atoms with van der Waals surface area (Å²) in [5.41, 5.74) is 3.32. The minimum absolute atomic E-state index is 0.0172. The Kier molecular flexibility index (Phi) is 8.59. The van der Waals surface area contributed by atoms with E-state index in [0.717, 1.165) is 22.2 Å². The molecule has 3 N–H and O–H groups in total. The highest BCUT2D eigenvalue weighted by atomic mass is 79.9. The van der Waals surface area contributed by atoms with Gasteiger partial charge in [-0.2, -0.15) is 18.4 Å². The molecule has 254 valence electrons. The SMILES string of the molecule is CN(C)c1cccc2c(S(=O)(=O)N/N=C3\C=CC45C[C@@H](CO)NCc6cc(OCc7cccc([N+](=O)[O-])c7)c(Br)c(c64)O[C@@H]5C3)cccc12. The van der Waals surface area contributed by atoms with E-state index >= 15 is 0 Å². The third kappa shape index (κ3) is 5.92. The molecule has 0 saturated carbocycles. The average Bonchev–Trinajstić information content (AvgIpc) is 3.34. The van der Waals surface area contributed by atoms with Gasteiger partial charge in [0.1, 0.15) is 28.7 Å². The van der Waals surface area contributed by atoms with Crippen molar-refractivity contribution >= 4 is 53.8 Å². The number of halogens is 1. The Morgan fingerprint density at radius 2 is 1.94 bits per heavy atom. The first-order chi connectivity index (χ1) is 23.5. The van der Waals surface area contributed by atoms with Gasteiger partial charge in [0.15, 0.2) is 0 Å². The molecule has 0 saturated heterocycles. The monoisotopic (exact) mass is 747 g/mol. The zero-order valence-corrected chi connectivity index (χ0v) is 29.1. The Morgan fingerprint density at radius 3 is 2.71 bits per heavy atom.